The first-order valence-electron chi connectivity index (χ1n) is 10.9. The van der Waals surface area contributed by atoms with Crippen LogP contribution in [0.2, 0.25) is 0 Å². The smallest absolute Gasteiger partial charge is 0.255 e. The SMILES string of the molecule is Cc1cc(C)c(C)c(-n2nc3ccc(-c4ccc(NC(=O)c5ccccc5)cc4)cc3n2)c1. The second kappa shape index (κ2) is 8.36. The first kappa shape index (κ1) is 20.6. The maximum absolute atomic E-state index is 12.4. The predicted molar refractivity (Wildman–Crippen MR) is 133 cm³/mol. The van der Waals surface area contributed by atoms with Crippen LogP contribution in [-0.4, -0.2) is 20.9 Å². The van der Waals surface area contributed by atoms with E-state index in [2.05, 4.69) is 38.2 Å². The van der Waals surface area contributed by atoms with E-state index >= 15 is 0 Å². The van der Waals surface area contributed by atoms with Gasteiger partial charge in [0.05, 0.1) is 5.69 Å². The number of hydrogen-bond acceptors (Lipinski definition) is 3. The number of amides is 1. The molecule has 162 valence electrons. The number of aromatic nitrogens is 3. The second-order valence-electron chi connectivity index (χ2n) is 8.32. The molecule has 5 nitrogen and oxygen atoms in total. The van der Waals surface area contributed by atoms with Gasteiger partial charge in [-0.15, -0.1) is 10.2 Å². The number of hydrogen-bond donors (Lipinski definition) is 1. The van der Waals surface area contributed by atoms with Gasteiger partial charge in [-0.25, -0.2) is 0 Å². The number of benzene rings is 4. The molecule has 4 aromatic carbocycles. The Morgan fingerprint density at radius 3 is 2.21 bits per heavy atom. The lowest BCUT2D eigenvalue weighted by Crippen LogP contribution is -2.11. The third-order valence-electron chi connectivity index (χ3n) is 5.89. The predicted octanol–water partition coefficient (Wildman–Crippen LogP) is 6.27. The number of carbonyl (C=O) groups excluding carboxylic acids is 1. The minimum atomic E-state index is -0.122. The highest BCUT2D eigenvalue weighted by molar-refractivity contribution is 6.04. The number of carbonyl (C=O) groups is 1. The van der Waals surface area contributed by atoms with Crippen molar-refractivity contribution in [1.29, 1.82) is 0 Å². The lowest BCUT2D eigenvalue weighted by molar-refractivity contribution is 0.102. The van der Waals surface area contributed by atoms with Crippen molar-refractivity contribution in [2.75, 3.05) is 5.32 Å². The van der Waals surface area contributed by atoms with Crippen LogP contribution in [0.1, 0.15) is 27.0 Å². The zero-order valence-corrected chi connectivity index (χ0v) is 18.8. The van der Waals surface area contributed by atoms with Crippen molar-refractivity contribution in [2.45, 2.75) is 20.8 Å². The Labute approximate surface area is 192 Å². The minimum Gasteiger partial charge on any atom is -0.322 e. The van der Waals surface area contributed by atoms with Crippen LogP contribution in [0.5, 0.6) is 0 Å². The number of fused-ring (bicyclic) bond motifs is 1. The van der Waals surface area contributed by atoms with E-state index in [1.165, 1.54) is 16.7 Å². The van der Waals surface area contributed by atoms with Crippen molar-refractivity contribution in [3.8, 4) is 16.8 Å². The maximum atomic E-state index is 12.4. The van der Waals surface area contributed by atoms with E-state index in [1.807, 2.05) is 60.7 Å². The van der Waals surface area contributed by atoms with E-state index in [4.69, 9.17) is 10.2 Å². The molecule has 0 radical (unpaired) electrons. The van der Waals surface area contributed by atoms with Crippen LogP contribution in [0.4, 0.5) is 5.69 Å². The molecular formula is C28H24N4O. The van der Waals surface area contributed by atoms with Crippen molar-refractivity contribution in [1.82, 2.24) is 15.0 Å². The Morgan fingerprint density at radius 1 is 0.758 bits per heavy atom. The van der Waals surface area contributed by atoms with Gasteiger partial charge in [-0.05, 0) is 91.1 Å². The Bertz CT molecular complexity index is 1470. The number of anilines is 1. The summed E-state index contributed by atoms with van der Waals surface area (Å²) in [5.74, 6) is -0.122. The molecule has 0 atom stereocenters. The average molecular weight is 433 g/mol. The normalized spacial score (nSPS) is 11.0. The topological polar surface area (TPSA) is 59.8 Å². The van der Waals surface area contributed by atoms with Gasteiger partial charge in [-0.3, -0.25) is 4.79 Å². The van der Waals surface area contributed by atoms with Crippen LogP contribution >= 0.6 is 0 Å². The summed E-state index contributed by atoms with van der Waals surface area (Å²) >= 11 is 0. The van der Waals surface area contributed by atoms with Crippen LogP contribution in [0.25, 0.3) is 27.8 Å². The van der Waals surface area contributed by atoms with Gasteiger partial charge in [0.15, 0.2) is 0 Å². The van der Waals surface area contributed by atoms with Gasteiger partial charge in [0.2, 0.25) is 0 Å². The molecule has 5 aromatic rings. The molecule has 0 saturated carbocycles. The fourth-order valence-electron chi connectivity index (χ4n) is 3.97. The molecule has 1 amide bonds. The van der Waals surface area contributed by atoms with Gasteiger partial charge < -0.3 is 5.32 Å². The largest absolute Gasteiger partial charge is 0.322 e. The molecule has 0 saturated heterocycles. The van der Waals surface area contributed by atoms with Gasteiger partial charge in [-0.2, -0.15) is 4.80 Å². The lowest BCUT2D eigenvalue weighted by Gasteiger charge is -2.08. The van der Waals surface area contributed by atoms with Crippen LogP contribution in [0, 0.1) is 20.8 Å². The molecule has 1 heterocycles. The fourth-order valence-corrected chi connectivity index (χ4v) is 3.97. The summed E-state index contributed by atoms with van der Waals surface area (Å²) in [6, 6.07) is 27.4. The van der Waals surface area contributed by atoms with Gasteiger partial charge in [0.1, 0.15) is 11.0 Å². The molecule has 0 aliphatic rings. The van der Waals surface area contributed by atoms with Crippen molar-refractivity contribution in [3.05, 3.63) is 107 Å². The Kier molecular flexibility index (Phi) is 5.23. The molecule has 0 fully saturated rings. The van der Waals surface area contributed by atoms with Crippen molar-refractivity contribution < 1.29 is 4.79 Å². The van der Waals surface area contributed by atoms with E-state index in [-0.39, 0.29) is 5.91 Å². The van der Waals surface area contributed by atoms with E-state index < -0.39 is 0 Å². The molecule has 0 spiro atoms. The molecule has 0 aliphatic carbocycles. The van der Waals surface area contributed by atoms with Crippen LogP contribution in [0.15, 0.2) is 84.9 Å². The standard InChI is InChI=1S/C28H24N4O/c1-18-15-19(2)20(3)27(16-18)32-30-25-14-11-23(17-26(25)31-32)21-9-12-24(13-10-21)29-28(33)22-7-5-4-6-8-22/h4-17H,1-3H3,(H,29,33). The quantitative estimate of drug-likeness (QED) is 0.364. The molecule has 0 unspecified atom stereocenters. The zero-order valence-electron chi connectivity index (χ0n) is 18.8. The average Bonchev–Trinajstić information content (AvgIpc) is 3.25. The second-order valence-corrected chi connectivity index (χ2v) is 8.32. The Morgan fingerprint density at radius 2 is 1.45 bits per heavy atom. The van der Waals surface area contributed by atoms with Crippen molar-refractivity contribution in [2.24, 2.45) is 0 Å². The highest BCUT2D eigenvalue weighted by atomic mass is 16.1. The summed E-state index contributed by atoms with van der Waals surface area (Å²) in [5.41, 5.74) is 9.77. The monoisotopic (exact) mass is 432 g/mol. The van der Waals surface area contributed by atoms with Crippen LogP contribution in [0.3, 0.4) is 0 Å². The molecular weight excluding hydrogens is 408 g/mol. The third-order valence-corrected chi connectivity index (χ3v) is 5.89. The molecule has 1 N–H and O–H groups in total. The highest BCUT2D eigenvalue weighted by Crippen LogP contribution is 2.26. The number of nitrogens with one attached hydrogen (secondary N) is 1. The first-order chi connectivity index (χ1) is 16.0. The first-order valence-corrected chi connectivity index (χ1v) is 10.9. The fraction of sp³-hybridized carbons (Fsp3) is 0.107. The van der Waals surface area contributed by atoms with Gasteiger partial charge in [0.25, 0.3) is 5.91 Å². The molecule has 5 heteroatoms. The summed E-state index contributed by atoms with van der Waals surface area (Å²) in [7, 11) is 0. The summed E-state index contributed by atoms with van der Waals surface area (Å²) in [6.07, 6.45) is 0. The van der Waals surface area contributed by atoms with Crippen molar-refractivity contribution >= 4 is 22.6 Å². The summed E-state index contributed by atoms with van der Waals surface area (Å²) in [6.45, 7) is 6.30. The summed E-state index contributed by atoms with van der Waals surface area (Å²) in [4.78, 5) is 14.1. The maximum Gasteiger partial charge on any atom is 0.255 e. The van der Waals surface area contributed by atoms with E-state index in [9.17, 15) is 4.79 Å². The molecule has 0 bridgehead atoms. The highest BCUT2D eigenvalue weighted by Gasteiger charge is 2.11. The Hall–Kier alpha value is -4.25. The van der Waals surface area contributed by atoms with Gasteiger partial charge in [0, 0.05) is 11.3 Å². The third kappa shape index (κ3) is 4.13. The van der Waals surface area contributed by atoms with Crippen molar-refractivity contribution in [3.63, 3.8) is 0 Å². The zero-order chi connectivity index (χ0) is 22.9. The summed E-state index contributed by atoms with van der Waals surface area (Å²) in [5, 5.41) is 12.4. The lowest BCUT2D eigenvalue weighted by atomic mass is 10.0. The minimum absolute atomic E-state index is 0.122. The summed E-state index contributed by atoms with van der Waals surface area (Å²) < 4.78 is 0. The van der Waals surface area contributed by atoms with Gasteiger partial charge in [-0.1, -0.05) is 42.5 Å². The van der Waals surface area contributed by atoms with Gasteiger partial charge >= 0.3 is 0 Å². The number of rotatable bonds is 4. The van der Waals surface area contributed by atoms with E-state index in [0.717, 1.165) is 33.5 Å². The molecule has 33 heavy (non-hydrogen) atoms. The van der Waals surface area contributed by atoms with Crippen LogP contribution in [-0.2, 0) is 0 Å². The molecule has 0 aliphatic heterocycles. The number of nitrogens with zero attached hydrogens (tertiary/aromatic N) is 3. The molecule has 5 rings (SSSR count). The van der Waals surface area contributed by atoms with E-state index in [0.29, 0.717) is 5.56 Å². The number of aryl methyl sites for hydroxylation is 2. The Balaban J connectivity index is 1.41. The van der Waals surface area contributed by atoms with E-state index in [1.54, 1.807) is 16.9 Å². The van der Waals surface area contributed by atoms with Crippen LogP contribution < -0.4 is 5.32 Å². The molecule has 1 aromatic heterocycles.